The first-order valence-electron chi connectivity index (χ1n) is 6.24. The maximum atomic E-state index is 11.9. The van der Waals surface area contributed by atoms with Gasteiger partial charge in [0.1, 0.15) is 0 Å². The number of thioether (sulfide) groups is 1. The van der Waals surface area contributed by atoms with E-state index in [2.05, 4.69) is 31.2 Å². The van der Waals surface area contributed by atoms with Gasteiger partial charge in [0, 0.05) is 12.3 Å². The molecule has 0 bridgehead atoms. The number of anilines is 1. The van der Waals surface area contributed by atoms with Crippen LogP contribution in [0, 0.1) is 19.8 Å². The first kappa shape index (κ1) is 15.1. The van der Waals surface area contributed by atoms with E-state index in [0.717, 1.165) is 17.1 Å². The lowest BCUT2D eigenvalue weighted by Gasteiger charge is -2.14. The van der Waals surface area contributed by atoms with Crippen molar-refractivity contribution in [3.8, 4) is 0 Å². The summed E-state index contributed by atoms with van der Waals surface area (Å²) < 4.78 is 1.79. The Morgan fingerprint density at radius 3 is 2.44 bits per heavy atom. The van der Waals surface area contributed by atoms with Crippen LogP contribution in [0.3, 0.4) is 0 Å². The van der Waals surface area contributed by atoms with E-state index in [9.17, 15) is 4.79 Å². The van der Waals surface area contributed by atoms with Crippen molar-refractivity contribution in [2.75, 3.05) is 11.1 Å². The van der Waals surface area contributed by atoms with Gasteiger partial charge in [-0.1, -0.05) is 20.8 Å². The van der Waals surface area contributed by atoms with Gasteiger partial charge < -0.3 is 5.32 Å². The first-order valence-corrected chi connectivity index (χ1v) is 7.29. The Balaban J connectivity index is 2.55. The van der Waals surface area contributed by atoms with Crippen molar-refractivity contribution in [2.45, 2.75) is 39.9 Å². The summed E-state index contributed by atoms with van der Waals surface area (Å²) in [5.74, 6) is 1.13. The molecule has 4 nitrogen and oxygen atoms in total. The second-order valence-electron chi connectivity index (χ2n) is 4.98. The van der Waals surface area contributed by atoms with E-state index in [1.54, 1.807) is 16.4 Å². The maximum absolute atomic E-state index is 11.9. The van der Waals surface area contributed by atoms with E-state index in [1.165, 1.54) is 0 Å². The summed E-state index contributed by atoms with van der Waals surface area (Å²) in [5.41, 5.74) is 2.70. The predicted molar refractivity (Wildman–Crippen MR) is 78.1 cm³/mol. The topological polar surface area (TPSA) is 46.9 Å². The zero-order valence-corrected chi connectivity index (χ0v) is 12.9. The molecule has 1 rings (SSSR count). The van der Waals surface area contributed by atoms with Gasteiger partial charge >= 0.3 is 0 Å². The molecule has 1 amide bonds. The molecule has 0 saturated carbocycles. The number of nitrogens with zero attached hydrogens (tertiary/aromatic N) is 2. The molecule has 0 radical (unpaired) electrons. The van der Waals surface area contributed by atoms with Crippen molar-refractivity contribution >= 4 is 23.4 Å². The quantitative estimate of drug-likeness (QED) is 0.894. The predicted octanol–water partition coefficient (Wildman–Crippen LogP) is 2.75. The van der Waals surface area contributed by atoms with E-state index in [1.807, 2.05) is 20.9 Å². The van der Waals surface area contributed by atoms with Crippen LogP contribution in [0.5, 0.6) is 0 Å². The van der Waals surface area contributed by atoms with Crippen molar-refractivity contribution in [1.82, 2.24) is 9.78 Å². The van der Waals surface area contributed by atoms with Crippen LogP contribution in [0.2, 0.25) is 0 Å². The lowest BCUT2D eigenvalue weighted by Crippen LogP contribution is -2.18. The van der Waals surface area contributed by atoms with Crippen LogP contribution < -0.4 is 5.32 Å². The highest BCUT2D eigenvalue weighted by Crippen LogP contribution is 2.21. The Morgan fingerprint density at radius 2 is 2.00 bits per heavy atom. The summed E-state index contributed by atoms with van der Waals surface area (Å²) in [7, 11) is 1.88. The molecule has 1 heterocycles. The van der Waals surface area contributed by atoms with Crippen LogP contribution in [0.25, 0.3) is 0 Å². The van der Waals surface area contributed by atoms with E-state index in [-0.39, 0.29) is 5.91 Å². The van der Waals surface area contributed by atoms with Crippen LogP contribution in [0.4, 0.5) is 5.69 Å². The molecule has 0 aliphatic rings. The molecule has 1 aromatic rings. The van der Waals surface area contributed by atoms with Crippen LogP contribution in [0.15, 0.2) is 0 Å². The first-order chi connectivity index (χ1) is 8.32. The molecule has 0 saturated heterocycles. The molecule has 0 aliphatic carbocycles. The molecule has 102 valence electrons. The van der Waals surface area contributed by atoms with E-state index in [0.29, 0.717) is 16.9 Å². The molecule has 1 aromatic heterocycles. The number of hydrogen-bond acceptors (Lipinski definition) is 3. The highest BCUT2D eigenvalue weighted by molar-refractivity contribution is 8.00. The lowest BCUT2D eigenvalue weighted by molar-refractivity contribution is -0.113. The Kier molecular flexibility index (Phi) is 5.26. The van der Waals surface area contributed by atoms with Crippen molar-refractivity contribution in [2.24, 2.45) is 13.0 Å². The molecule has 0 aliphatic heterocycles. The van der Waals surface area contributed by atoms with Crippen molar-refractivity contribution in [3.05, 3.63) is 11.4 Å². The third kappa shape index (κ3) is 3.77. The molecule has 1 N–H and O–H groups in total. The molecule has 0 aromatic carbocycles. The Bertz CT molecular complexity index is 426. The minimum Gasteiger partial charge on any atom is -0.322 e. The van der Waals surface area contributed by atoms with Gasteiger partial charge in [-0.05, 0) is 19.8 Å². The highest BCUT2D eigenvalue weighted by atomic mass is 32.2. The Hall–Kier alpha value is -0.970. The third-order valence-corrected chi connectivity index (χ3v) is 4.69. The fourth-order valence-corrected chi connectivity index (χ4v) is 2.40. The summed E-state index contributed by atoms with van der Waals surface area (Å²) in [6.07, 6.45) is 0. The number of nitrogens with one attached hydrogen (secondary N) is 1. The fraction of sp³-hybridized carbons (Fsp3) is 0.692. The van der Waals surface area contributed by atoms with E-state index < -0.39 is 0 Å². The normalized spacial score (nSPS) is 12.8. The van der Waals surface area contributed by atoms with Gasteiger partial charge in [0.15, 0.2) is 0 Å². The average molecular weight is 269 g/mol. The van der Waals surface area contributed by atoms with Gasteiger partial charge in [-0.3, -0.25) is 9.48 Å². The zero-order valence-electron chi connectivity index (χ0n) is 12.1. The number of aryl methyl sites for hydroxylation is 2. The monoisotopic (exact) mass is 269 g/mol. The van der Waals surface area contributed by atoms with Crippen LogP contribution in [-0.2, 0) is 11.8 Å². The van der Waals surface area contributed by atoms with Crippen molar-refractivity contribution < 1.29 is 4.79 Å². The number of amides is 1. The molecule has 5 heteroatoms. The molecule has 18 heavy (non-hydrogen) atoms. The van der Waals surface area contributed by atoms with Crippen LogP contribution >= 0.6 is 11.8 Å². The number of rotatable bonds is 5. The molecular formula is C13H23N3OS. The largest absolute Gasteiger partial charge is 0.322 e. The summed E-state index contributed by atoms with van der Waals surface area (Å²) >= 11 is 1.69. The second-order valence-corrected chi connectivity index (χ2v) is 6.34. The molecular weight excluding hydrogens is 246 g/mol. The SMILES string of the molecule is Cc1nn(C)c(C)c1NC(=O)CS[C@H](C)C(C)C. The average Bonchev–Trinajstić information content (AvgIpc) is 2.52. The number of carbonyl (C=O) groups is 1. The zero-order chi connectivity index (χ0) is 13.9. The highest BCUT2D eigenvalue weighted by Gasteiger charge is 2.14. The molecule has 0 unspecified atom stereocenters. The number of aromatic nitrogens is 2. The summed E-state index contributed by atoms with van der Waals surface area (Å²) in [4.78, 5) is 11.9. The summed E-state index contributed by atoms with van der Waals surface area (Å²) in [6, 6.07) is 0. The van der Waals surface area contributed by atoms with Gasteiger partial charge in [-0.25, -0.2) is 0 Å². The van der Waals surface area contributed by atoms with Gasteiger partial charge in [-0.15, -0.1) is 11.8 Å². The van der Waals surface area contributed by atoms with Gasteiger partial charge in [0.05, 0.1) is 22.8 Å². The summed E-state index contributed by atoms with van der Waals surface area (Å²) in [6.45, 7) is 10.4. The van der Waals surface area contributed by atoms with Gasteiger partial charge in [0.25, 0.3) is 0 Å². The minimum absolute atomic E-state index is 0.0479. The standard InChI is InChI=1S/C13H23N3OS/c1-8(2)11(5)18-7-12(17)14-13-9(3)15-16(6)10(13)4/h8,11H,7H2,1-6H3,(H,14,17)/t11-/m1/s1. The minimum atomic E-state index is 0.0479. The lowest BCUT2D eigenvalue weighted by atomic mass is 10.2. The Labute approximate surface area is 114 Å². The second kappa shape index (κ2) is 6.27. The smallest absolute Gasteiger partial charge is 0.234 e. The Morgan fingerprint density at radius 1 is 1.39 bits per heavy atom. The van der Waals surface area contributed by atoms with E-state index >= 15 is 0 Å². The van der Waals surface area contributed by atoms with Crippen LogP contribution in [-0.4, -0.2) is 26.7 Å². The third-order valence-electron chi connectivity index (χ3n) is 3.19. The van der Waals surface area contributed by atoms with Gasteiger partial charge in [0.2, 0.25) is 5.91 Å². The number of carbonyl (C=O) groups excluding carboxylic acids is 1. The fourth-order valence-electron chi connectivity index (χ4n) is 1.53. The van der Waals surface area contributed by atoms with Crippen molar-refractivity contribution in [1.29, 1.82) is 0 Å². The van der Waals surface area contributed by atoms with Gasteiger partial charge in [-0.2, -0.15) is 5.10 Å². The maximum Gasteiger partial charge on any atom is 0.234 e. The molecule has 0 spiro atoms. The number of hydrogen-bond donors (Lipinski definition) is 1. The summed E-state index contributed by atoms with van der Waals surface area (Å²) in [5, 5.41) is 7.73. The van der Waals surface area contributed by atoms with Crippen LogP contribution in [0.1, 0.15) is 32.2 Å². The van der Waals surface area contributed by atoms with Crippen molar-refractivity contribution in [3.63, 3.8) is 0 Å². The molecule has 0 fully saturated rings. The van der Waals surface area contributed by atoms with E-state index in [4.69, 9.17) is 0 Å². The molecule has 1 atom stereocenters.